The summed E-state index contributed by atoms with van der Waals surface area (Å²) in [5, 5.41) is 5.76. The van der Waals surface area contributed by atoms with Gasteiger partial charge < -0.3 is 33.0 Å². The van der Waals surface area contributed by atoms with Crippen LogP contribution in [0.4, 0.5) is 23.3 Å². The number of nitrogens with zero attached hydrogens (tertiary/aromatic N) is 8. The van der Waals surface area contributed by atoms with E-state index in [1.54, 1.807) is 24.3 Å². The van der Waals surface area contributed by atoms with Crippen LogP contribution < -0.4 is 42.5 Å². The average molecular weight is 1120 g/mol. The van der Waals surface area contributed by atoms with E-state index in [4.69, 9.17) is 19.9 Å². The van der Waals surface area contributed by atoms with E-state index in [-0.39, 0.29) is 88.7 Å². The van der Waals surface area contributed by atoms with Crippen LogP contribution in [-0.2, 0) is 53.1 Å². The fourth-order valence-corrected chi connectivity index (χ4v) is 10.5. The summed E-state index contributed by atoms with van der Waals surface area (Å²) in [6, 6.07) is 22.3. The van der Waals surface area contributed by atoms with E-state index in [1.165, 1.54) is 73.3 Å². The molecule has 0 fully saturated rings. The molecular formula is C54H48ClFeN12O6S2. The van der Waals surface area contributed by atoms with Crippen LogP contribution >= 0.6 is 0 Å². The summed E-state index contributed by atoms with van der Waals surface area (Å²) >= 11 is 0. The third-order valence-corrected chi connectivity index (χ3v) is 15.3. The number of fused-ring (bicyclic) bond motifs is 8. The fraction of sp³-hybridized carbons (Fsp3) is 0.148. The molecule has 0 saturated carbocycles. The quantitative estimate of drug-likeness (QED) is 0.0804. The number of anilines is 4. The number of aryl methyl sites for hydroxylation is 3. The zero-order valence-corrected chi connectivity index (χ0v) is 44.9. The Morgan fingerprint density at radius 2 is 1.01 bits per heavy atom. The standard InChI is InChI=1S/C54H50N12O6S2.ClH.Fe/c1-7-39-31(3)43-27-44-33(5)41(19-21-51(67)59-35-11-15-37(16-12-35)73(69,70)65-53-55-23-9-24-56-53)49(63-44)30-50-42(34(6)46(64-50)29-48-40(8-2)32(4)45(62-48)28-47(39)61-43)20-22-52(68)60-36-13-17-38(18-14-36)74(71,72)66-54-57-25-10-26-58-54;;/h7-18,23-30H,1-2,19-22H2,3-6H3,(H6,55,56,57,58,59,60,61,62,63,64,65,66,67,68);1H;/q;;+3/p-3. The van der Waals surface area contributed by atoms with Crippen LogP contribution in [-0.4, -0.2) is 58.6 Å². The maximum Gasteiger partial charge on any atom is 3.00 e. The minimum Gasteiger partial charge on any atom is -1.00 e. The predicted molar refractivity (Wildman–Crippen MR) is 287 cm³/mol. The molecule has 387 valence electrons. The molecule has 7 aromatic rings. The van der Waals surface area contributed by atoms with Crippen molar-refractivity contribution in [1.29, 1.82) is 0 Å². The zero-order valence-electron chi connectivity index (χ0n) is 41.4. The van der Waals surface area contributed by atoms with Crippen LogP contribution in [0, 0.1) is 13.8 Å². The van der Waals surface area contributed by atoms with Crippen LogP contribution in [0.25, 0.3) is 50.4 Å². The number of benzene rings is 2. The third-order valence-electron chi connectivity index (χ3n) is 12.6. The maximum atomic E-state index is 13.6. The van der Waals surface area contributed by atoms with Gasteiger partial charge in [0.15, 0.2) is 0 Å². The van der Waals surface area contributed by atoms with Crippen molar-refractivity contribution < 1.29 is 55.9 Å². The number of sulfonamides is 2. The molecule has 0 spiro atoms. The van der Waals surface area contributed by atoms with Crippen molar-refractivity contribution in [2.24, 2.45) is 0 Å². The Kier molecular flexibility index (Phi) is 17.0. The molecule has 7 heterocycles. The smallest absolute Gasteiger partial charge is 1.00 e. The fourth-order valence-electron chi connectivity index (χ4n) is 8.57. The van der Waals surface area contributed by atoms with Crippen molar-refractivity contribution >= 4 is 106 Å². The van der Waals surface area contributed by atoms with Gasteiger partial charge in [0.2, 0.25) is 23.7 Å². The van der Waals surface area contributed by atoms with Crippen molar-refractivity contribution in [3.8, 4) is 0 Å². The molecule has 2 aromatic carbocycles. The first kappa shape index (κ1) is 55.7. The number of aromatic nitrogens is 8. The molecule has 0 unspecified atom stereocenters. The van der Waals surface area contributed by atoms with E-state index in [1.807, 2.05) is 52.0 Å². The minimum atomic E-state index is -3.99. The number of hydrogen-bond acceptors (Lipinski definition) is 12. The topological polar surface area (TPSA) is 256 Å². The van der Waals surface area contributed by atoms with Gasteiger partial charge in [-0.25, -0.2) is 56.2 Å². The van der Waals surface area contributed by atoms with Gasteiger partial charge in [-0.1, -0.05) is 66.3 Å². The number of amides is 2. The SMILES string of the molecule is C=CC1=C(C)c2cc3[n-]c(cc4nc(cc5[n-]c(cc1n2)c(C)c5CCC(=O)Nc1ccc(S(=O)(=O)Nc2ncccn2)cc1)C(CCC(=O)Nc1ccc(S(=O)(=O)Nc2ncccn2)cc1)=C4C)c(C)c3C=C.[Cl-].[Fe+3]. The van der Waals surface area contributed by atoms with Crippen LogP contribution in [0.15, 0.2) is 139 Å². The Hall–Kier alpha value is -8.07. The molecule has 2 aliphatic heterocycles. The second-order valence-electron chi connectivity index (χ2n) is 17.3. The van der Waals surface area contributed by atoms with Gasteiger partial charge in [-0.15, -0.1) is 22.1 Å². The van der Waals surface area contributed by atoms with Gasteiger partial charge in [-0.2, -0.15) is 0 Å². The summed E-state index contributed by atoms with van der Waals surface area (Å²) in [5.41, 5.74) is 12.7. The Morgan fingerprint density at radius 1 is 0.566 bits per heavy atom. The molecule has 0 saturated heterocycles. The summed E-state index contributed by atoms with van der Waals surface area (Å²) < 4.78 is 56.6. The Balaban J connectivity index is 0.00000420. The second kappa shape index (κ2) is 23.2. The Labute approximate surface area is 455 Å². The molecule has 0 atom stereocenters. The van der Waals surface area contributed by atoms with Gasteiger partial charge >= 0.3 is 17.1 Å². The van der Waals surface area contributed by atoms with E-state index >= 15 is 0 Å². The molecule has 2 amide bonds. The Bertz CT molecular complexity index is 3890. The van der Waals surface area contributed by atoms with Gasteiger partial charge in [0.05, 0.1) is 32.6 Å². The van der Waals surface area contributed by atoms with Crippen LogP contribution in [0.1, 0.15) is 78.1 Å². The average Bonchev–Trinajstić information content (AvgIpc) is 4.05. The normalized spacial score (nSPS) is 12.3. The molecule has 4 N–H and O–H groups in total. The van der Waals surface area contributed by atoms with E-state index < -0.39 is 20.0 Å². The van der Waals surface area contributed by atoms with E-state index in [0.717, 1.165) is 44.5 Å². The van der Waals surface area contributed by atoms with Gasteiger partial charge in [-0.05, 0) is 123 Å². The molecule has 5 aromatic heterocycles. The van der Waals surface area contributed by atoms with E-state index in [0.29, 0.717) is 56.2 Å². The van der Waals surface area contributed by atoms with Crippen molar-refractivity contribution in [3.05, 3.63) is 174 Å². The summed E-state index contributed by atoms with van der Waals surface area (Å²) in [6.45, 7) is 16.1. The summed E-state index contributed by atoms with van der Waals surface area (Å²) in [4.78, 5) is 63.3. The molecule has 1 radical (unpaired) electrons. The number of rotatable bonds is 16. The summed E-state index contributed by atoms with van der Waals surface area (Å²) in [6.07, 6.45) is 9.88. The second-order valence-corrected chi connectivity index (χ2v) is 20.7. The molecule has 22 heteroatoms. The third kappa shape index (κ3) is 12.0. The number of allylic oxidation sites excluding steroid dienone is 5. The number of carbonyl (C=O) groups is 2. The largest absolute Gasteiger partial charge is 3.00 e. The molecule has 18 nitrogen and oxygen atoms in total. The number of halogens is 1. The zero-order chi connectivity index (χ0) is 52.3. The molecule has 2 aliphatic rings. The van der Waals surface area contributed by atoms with Crippen molar-refractivity contribution in [1.82, 2.24) is 39.9 Å². The van der Waals surface area contributed by atoms with Crippen molar-refractivity contribution in [2.45, 2.75) is 63.2 Å². The Morgan fingerprint density at radius 3 is 1.54 bits per heavy atom. The van der Waals surface area contributed by atoms with Crippen LogP contribution in [0.3, 0.4) is 0 Å². The van der Waals surface area contributed by atoms with Crippen molar-refractivity contribution in [2.75, 3.05) is 20.1 Å². The first-order valence-electron chi connectivity index (χ1n) is 23.2. The number of hydrogen-bond donors (Lipinski definition) is 4. The van der Waals surface area contributed by atoms with Gasteiger partial charge in [-0.3, -0.25) is 9.59 Å². The first-order valence-corrected chi connectivity index (χ1v) is 26.2. The number of nitrogens with one attached hydrogen (secondary N) is 4. The van der Waals surface area contributed by atoms with Crippen LogP contribution in [0.5, 0.6) is 0 Å². The van der Waals surface area contributed by atoms with Crippen LogP contribution in [0.2, 0.25) is 0 Å². The predicted octanol–water partition coefficient (Wildman–Crippen LogP) is 6.05. The summed E-state index contributed by atoms with van der Waals surface area (Å²) in [5.74, 6) is -0.767. The van der Waals surface area contributed by atoms with E-state index in [9.17, 15) is 26.4 Å². The number of carbonyl (C=O) groups excluding carboxylic acids is 2. The summed E-state index contributed by atoms with van der Waals surface area (Å²) in [7, 11) is -7.98. The molecule has 0 aliphatic carbocycles. The van der Waals surface area contributed by atoms with E-state index in [2.05, 4.69) is 53.2 Å². The molecular weight excluding hydrogens is 1070 g/mol. The maximum absolute atomic E-state index is 13.6. The van der Waals surface area contributed by atoms with Gasteiger partial charge in [0.1, 0.15) is 0 Å². The first-order chi connectivity index (χ1) is 35.5. The van der Waals surface area contributed by atoms with Crippen molar-refractivity contribution in [3.63, 3.8) is 0 Å². The monoisotopic (exact) mass is 1120 g/mol. The van der Waals surface area contributed by atoms with Gasteiger partial charge in [0.25, 0.3) is 20.0 Å². The molecule has 9 rings (SSSR count). The minimum absolute atomic E-state index is 0. The van der Waals surface area contributed by atoms with Gasteiger partial charge in [0, 0.05) is 54.6 Å². The molecule has 76 heavy (non-hydrogen) atoms. The molecule has 8 bridgehead atoms.